The molecule has 2 N–H and O–H groups in total. The van der Waals surface area contributed by atoms with Gasteiger partial charge in [0, 0.05) is 20.2 Å². The van der Waals surface area contributed by atoms with E-state index >= 15 is 0 Å². The summed E-state index contributed by atoms with van der Waals surface area (Å²) >= 11 is 6.88. The van der Waals surface area contributed by atoms with Crippen LogP contribution in [0, 0.1) is 0 Å². The van der Waals surface area contributed by atoms with Crippen molar-refractivity contribution in [2.24, 2.45) is 0 Å². The third-order valence-electron chi connectivity index (χ3n) is 1.40. The molecule has 0 rings (SSSR count). The fourth-order valence-corrected chi connectivity index (χ4v) is 1.38. The first kappa shape index (κ1) is 13.0. The van der Waals surface area contributed by atoms with Crippen LogP contribution in [-0.4, -0.2) is 43.9 Å². The first-order valence-electron chi connectivity index (χ1n) is 4.31. The smallest absolute Gasteiger partial charge is 0.166 e. The number of thioether (sulfide) groups is 1. The van der Waals surface area contributed by atoms with Crippen LogP contribution >= 0.6 is 24.0 Å². The molecule has 0 radical (unpaired) electrons. The second-order valence-electron chi connectivity index (χ2n) is 2.52. The molecule has 0 aliphatic heterocycles. The number of hydrogen-bond acceptors (Lipinski definition) is 3. The number of nitrogens with one attached hydrogen (secondary N) is 2. The van der Waals surface area contributed by atoms with E-state index in [0.29, 0.717) is 6.61 Å². The lowest BCUT2D eigenvalue weighted by Gasteiger charge is -2.09. The van der Waals surface area contributed by atoms with Crippen molar-refractivity contribution in [2.45, 2.75) is 6.42 Å². The fourth-order valence-electron chi connectivity index (χ4n) is 0.748. The van der Waals surface area contributed by atoms with Gasteiger partial charge in [0.1, 0.15) is 0 Å². The Morgan fingerprint density at radius 2 is 2.08 bits per heavy atom. The first-order chi connectivity index (χ1) is 6.31. The van der Waals surface area contributed by atoms with Crippen molar-refractivity contribution in [2.75, 3.05) is 38.8 Å². The van der Waals surface area contributed by atoms with Crippen LogP contribution < -0.4 is 10.6 Å². The zero-order valence-corrected chi connectivity index (χ0v) is 9.89. The maximum absolute atomic E-state index is 5.03. The molecule has 0 aliphatic rings. The van der Waals surface area contributed by atoms with E-state index in [1.165, 1.54) is 5.75 Å². The van der Waals surface area contributed by atoms with Gasteiger partial charge in [0.2, 0.25) is 0 Å². The Kier molecular flexibility index (Phi) is 10.1. The normalized spacial score (nSPS) is 9.69. The van der Waals surface area contributed by atoms with Crippen LogP contribution in [0.5, 0.6) is 0 Å². The quantitative estimate of drug-likeness (QED) is 0.493. The van der Waals surface area contributed by atoms with Crippen LogP contribution in [0.4, 0.5) is 0 Å². The van der Waals surface area contributed by atoms with Crippen molar-refractivity contribution >= 4 is 29.1 Å². The van der Waals surface area contributed by atoms with Gasteiger partial charge in [0.15, 0.2) is 5.11 Å². The maximum atomic E-state index is 5.03. The SMILES string of the molecule is COCCNC(=S)NCCCSC. The lowest BCUT2D eigenvalue weighted by atomic mass is 10.5. The van der Waals surface area contributed by atoms with E-state index in [4.69, 9.17) is 17.0 Å². The van der Waals surface area contributed by atoms with Gasteiger partial charge >= 0.3 is 0 Å². The topological polar surface area (TPSA) is 33.3 Å². The largest absolute Gasteiger partial charge is 0.383 e. The van der Waals surface area contributed by atoms with Crippen LogP contribution in [-0.2, 0) is 4.74 Å². The monoisotopic (exact) mass is 222 g/mol. The minimum absolute atomic E-state index is 0.687. The molecule has 0 heterocycles. The Morgan fingerprint density at radius 1 is 1.38 bits per heavy atom. The zero-order valence-electron chi connectivity index (χ0n) is 8.26. The lowest BCUT2D eigenvalue weighted by Crippen LogP contribution is -2.37. The van der Waals surface area contributed by atoms with E-state index in [-0.39, 0.29) is 0 Å². The molecule has 0 aliphatic carbocycles. The average molecular weight is 222 g/mol. The molecule has 0 spiro atoms. The molecule has 0 aromatic carbocycles. The van der Waals surface area contributed by atoms with Gasteiger partial charge in [-0.05, 0) is 30.6 Å². The summed E-state index contributed by atoms with van der Waals surface area (Å²) in [5.41, 5.74) is 0. The molecule has 0 unspecified atom stereocenters. The number of methoxy groups -OCH3 is 1. The standard InChI is InChI=1S/C8H18N2OS2/c1-11-6-5-10-8(12)9-4-3-7-13-2/h3-7H2,1-2H3,(H2,9,10,12). The van der Waals surface area contributed by atoms with Crippen molar-refractivity contribution < 1.29 is 4.74 Å². The van der Waals surface area contributed by atoms with Gasteiger partial charge in [0.25, 0.3) is 0 Å². The first-order valence-corrected chi connectivity index (χ1v) is 6.11. The zero-order chi connectivity index (χ0) is 9.94. The molecule has 0 atom stereocenters. The maximum Gasteiger partial charge on any atom is 0.166 e. The molecule has 5 heteroatoms. The highest BCUT2D eigenvalue weighted by molar-refractivity contribution is 7.98. The summed E-state index contributed by atoms with van der Waals surface area (Å²) < 4.78 is 4.88. The molecule has 78 valence electrons. The highest BCUT2D eigenvalue weighted by atomic mass is 32.2. The van der Waals surface area contributed by atoms with Crippen molar-refractivity contribution in [1.82, 2.24) is 10.6 Å². The highest BCUT2D eigenvalue weighted by Crippen LogP contribution is 1.92. The summed E-state index contributed by atoms with van der Waals surface area (Å²) in [6.45, 7) is 2.40. The third-order valence-corrected chi connectivity index (χ3v) is 2.39. The lowest BCUT2D eigenvalue weighted by molar-refractivity contribution is 0.204. The Hall–Kier alpha value is 0. The Bertz CT molecular complexity index is 133. The summed E-state index contributed by atoms with van der Waals surface area (Å²) in [7, 11) is 1.68. The van der Waals surface area contributed by atoms with E-state index in [1.54, 1.807) is 7.11 Å². The van der Waals surface area contributed by atoms with Crippen LogP contribution in [0.1, 0.15) is 6.42 Å². The van der Waals surface area contributed by atoms with Crippen LogP contribution in [0.3, 0.4) is 0 Å². The van der Waals surface area contributed by atoms with Gasteiger partial charge in [-0.1, -0.05) is 0 Å². The molecular weight excluding hydrogens is 204 g/mol. The summed E-state index contributed by atoms with van der Waals surface area (Å²) in [5.74, 6) is 1.17. The van der Waals surface area contributed by atoms with Gasteiger partial charge in [0.05, 0.1) is 6.61 Å². The van der Waals surface area contributed by atoms with Gasteiger partial charge in [-0.2, -0.15) is 11.8 Å². The van der Waals surface area contributed by atoms with E-state index in [9.17, 15) is 0 Å². The van der Waals surface area contributed by atoms with Crippen molar-refractivity contribution in [3.63, 3.8) is 0 Å². The Balaban J connectivity index is 3.11. The number of ether oxygens (including phenoxy) is 1. The molecule has 13 heavy (non-hydrogen) atoms. The van der Waals surface area contributed by atoms with Gasteiger partial charge in [-0.15, -0.1) is 0 Å². The summed E-state index contributed by atoms with van der Waals surface area (Å²) in [6, 6.07) is 0. The fraction of sp³-hybridized carbons (Fsp3) is 0.875. The molecular formula is C8H18N2OS2. The number of hydrogen-bond donors (Lipinski definition) is 2. The van der Waals surface area contributed by atoms with E-state index in [0.717, 1.165) is 24.6 Å². The average Bonchev–Trinajstić information content (AvgIpc) is 2.13. The Morgan fingerprint density at radius 3 is 2.69 bits per heavy atom. The summed E-state index contributed by atoms with van der Waals surface area (Å²) in [5, 5.41) is 6.90. The second-order valence-corrected chi connectivity index (χ2v) is 3.92. The summed E-state index contributed by atoms with van der Waals surface area (Å²) in [4.78, 5) is 0. The molecule has 0 fully saturated rings. The van der Waals surface area contributed by atoms with Gasteiger partial charge in [-0.25, -0.2) is 0 Å². The van der Waals surface area contributed by atoms with Crippen molar-refractivity contribution in [3.05, 3.63) is 0 Å². The van der Waals surface area contributed by atoms with Crippen LogP contribution in [0.15, 0.2) is 0 Å². The predicted octanol–water partition coefficient (Wildman–Crippen LogP) is 0.850. The van der Waals surface area contributed by atoms with E-state index in [1.807, 2.05) is 11.8 Å². The third kappa shape index (κ3) is 9.92. The minimum Gasteiger partial charge on any atom is -0.383 e. The number of thiocarbonyl (C=S) groups is 1. The molecule has 0 amide bonds. The van der Waals surface area contributed by atoms with E-state index < -0.39 is 0 Å². The summed E-state index contributed by atoms with van der Waals surface area (Å²) in [6.07, 6.45) is 3.25. The predicted molar refractivity (Wildman–Crippen MR) is 63.5 cm³/mol. The highest BCUT2D eigenvalue weighted by Gasteiger charge is 1.92. The minimum atomic E-state index is 0.687. The Labute approximate surface area is 90.0 Å². The molecule has 3 nitrogen and oxygen atoms in total. The molecule has 0 aromatic heterocycles. The van der Waals surface area contributed by atoms with Crippen LogP contribution in [0.25, 0.3) is 0 Å². The molecule has 0 aromatic rings. The molecule has 0 bridgehead atoms. The van der Waals surface area contributed by atoms with Crippen molar-refractivity contribution in [3.8, 4) is 0 Å². The van der Waals surface area contributed by atoms with E-state index in [2.05, 4.69) is 16.9 Å². The van der Waals surface area contributed by atoms with Crippen LogP contribution in [0.2, 0.25) is 0 Å². The second kappa shape index (κ2) is 10.1. The molecule has 0 saturated carbocycles. The number of rotatable bonds is 7. The molecule has 0 saturated heterocycles. The van der Waals surface area contributed by atoms with Gasteiger partial charge in [-0.3, -0.25) is 0 Å². The van der Waals surface area contributed by atoms with Gasteiger partial charge < -0.3 is 15.4 Å². The van der Waals surface area contributed by atoms with Crippen molar-refractivity contribution in [1.29, 1.82) is 0 Å².